The van der Waals surface area contributed by atoms with E-state index in [-0.39, 0.29) is 6.10 Å². The van der Waals surface area contributed by atoms with Crippen molar-refractivity contribution in [2.75, 3.05) is 5.32 Å². The molecular weight excluding hydrogens is 212 g/mol. The van der Waals surface area contributed by atoms with Crippen LogP contribution in [0.3, 0.4) is 0 Å². The van der Waals surface area contributed by atoms with E-state index in [0.29, 0.717) is 0 Å². The van der Waals surface area contributed by atoms with Gasteiger partial charge < -0.3 is 15.0 Å². The van der Waals surface area contributed by atoms with Crippen molar-refractivity contribution in [3.8, 4) is 5.75 Å². The van der Waals surface area contributed by atoms with Crippen molar-refractivity contribution >= 4 is 5.69 Å². The molecule has 0 radical (unpaired) electrons. The largest absolute Gasteiger partial charge is 0.491 e. The van der Waals surface area contributed by atoms with Crippen molar-refractivity contribution < 1.29 is 4.74 Å². The van der Waals surface area contributed by atoms with Gasteiger partial charge in [-0.1, -0.05) is 0 Å². The lowest BCUT2D eigenvalue weighted by Gasteiger charge is -2.10. The Morgan fingerprint density at radius 3 is 2.53 bits per heavy atom. The van der Waals surface area contributed by atoms with Gasteiger partial charge in [-0.05, 0) is 50.2 Å². The molecule has 0 saturated carbocycles. The van der Waals surface area contributed by atoms with Crippen molar-refractivity contribution in [1.29, 1.82) is 0 Å². The summed E-state index contributed by atoms with van der Waals surface area (Å²) in [6.45, 7) is 4.85. The number of aromatic nitrogens is 1. The first-order valence-corrected chi connectivity index (χ1v) is 5.87. The molecular formula is C14H18N2O. The lowest BCUT2D eigenvalue weighted by Crippen LogP contribution is -2.05. The van der Waals surface area contributed by atoms with E-state index in [1.807, 2.05) is 50.4 Å². The van der Waals surface area contributed by atoms with Gasteiger partial charge in [-0.2, -0.15) is 0 Å². The Bertz CT molecular complexity index is 432. The smallest absolute Gasteiger partial charge is 0.119 e. The Labute approximate surface area is 102 Å². The molecule has 3 nitrogen and oxygen atoms in total. The van der Waals surface area contributed by atoms with Crippen LogP contribution >= 0.6 is 0 Å². The maximum atomic E-state index is 5.59. The highest BCUT2D eigenvalue weighted by Gasteiger charge is 1.98. The predicted molar refractivity (Wildman–Crippen MR) is 70.3 cm³/mol. The fourth-order valence-corrected chi connectivity index (χ4v) is 1.60. The van der Waals surface area contributed by atoms with E-state index >= 15 is 0 Å². The van der Waals surface area contributed by atoms with Crippen LogP contribution in [0.4, 0.5) is 5.69 Å². The molecule has 0 fully saturated rings. The first-order chi connectivity index (χ1) is 8.24. The minimum atomic E-state index is 0.215. The molecule has 1 heterocycles. The van der Waals surface area contributed by atoms with E-state index < -0.39 is 0 Å². The second-order valence-electron chi connectivity index (χ2n) is 4.24. The van der Waals surface area contributed by atoms with E-state index in [1.165, 1.54) is 5.69 Å². The fourth-order valence-electron chi connectivity index (χ4n) is 1.60. The molecule has 90 valence electrons. The zero-order valence-electron chi connectivity index (χ0n) is 10.2. The summed E-state index contributed by atoms with van der Waals surface area (Å²) in [4.78, 5) is 3.16. The van der Waals surface area contributed by atoms with Crippen LogP contribution in [0.1, 0.15) is 19.5 Å². The van der Waals surface area contributed by atoms with Gasteiger partial charge in [0, 0.05) is 17.6 Å². The molecule has 17 heavy (non-hydrogen) atoms. The molecule has 2 aromatic rings. The number of ether oxygens (including phenoxy) is 1. The minimum absolute atomic E-state index is 0.215. The molecule has 2 rings (SSSR count). The van der Waals surface area contributed by atoms with E-state index in [1.54, 1.807) is 0 Å². The molecule has 0 saturated heterocycles. The summed E-state index contributed by atoms with van der Waals surface area (Å²) in [5.74, 6) is 0.908. The molecule has 0 unspecified atom stereocenters. The van der Waals surface area contributed by atoms with Gasteiger partial charge >= 0.3 is 0 Å². The maximum Gasteiger partial charge on any atom is 0.119 e. The highest BCUT2D eigenvalue weighted by atomic mass is 16.5. The summed E-state index contributed by atoms with van der Waals surface area (Å²) < 4.78 is 5.59. The third-order valence-corrected chi connectivity index (χ3v) is 2.37. The number of hydrogen-bond acceptors (Lipinski definition) is 2. The van der Waals surface area contributed by atoms with Gasteiger partial charge in [0.15, 0.2) is 0 Å². The summed E-state index contributed by atoms with van der Waals surface area (Å²) >= 11 is 0. The molecule has 0 aliphatic heterocycles. The molecule has 2 N–H and O–H groups in total. The SMILES string of the molecule is CC(C)Oc1ccc(NCc2ccc[nH]2)cc1. The number of benzene rings is 1. The van der Waals surface area contributed by atoms with Gasteiger partial charge in [-0.25, -0.2) is 0 Å². The quantitative estimate of drug-likeness (QED) is 0.825. The number of hydrogen-bond donors (Lipinski definition) is 2. The molecule has 0 bridgehead atoms. The Morgan fingerprint density at radius 1 is 1.18 bits per heavy atom. The Hall–Kier alpha value is -1.90. The molecule has 3 heteroatoms. The molecule has 0 spiro atoms. The third kappa shape index (κ3) is 3.55. The van der Waals surface area contributed by atoms with Crippen molar-refractivity contribution in [3.05, 3.63) is 48.3 Å². The summed E-state index contributed by atoms with van der Waals surface area (Å²) in [5, 5.41) is 3.34. The van der Waals surface area contributed by atoms with Crippen LogP contribution in [0.5, 0.6) is 5.75 Å². The molecule has 0 aliphatic rings. The van der Waals surface area contributed by atoms with Crippen LogP contribution in [0, 0.1) is 0 Å². The zero-order valence-corrected chi connectivity index (χ0v) is 10.2. The molecule has 0 aliphatic carbocycles. The number of H-pyrrole nitrogens is 1. The predicted octanol–water partition coefficient (Wildman–Crippen LogP) is 3.41. The van der Waals surface area contributed by atoms with Gasteiger partial charge in [0.1, 0.15) is 5.75 Å². The summed E-state index contributed by atoms with van der Waals surface area (Å²) in [5.41, 5.74) is 2.27. The molecule has 1 aromatic heterocycles. The number of aromatic amines is 1. The molecule has 0 atom stereocenters. The van der Waals surface area contributed by atoms with Crippen LogP contribution in [-0.4, -0.2) is 11.1 Å². The molecule has 1 aromatic carbocycles. The minimum Gasteiger partial charge on any atom is -0.491 e. The van der Waals surface area contributed by atoms with Gasteiger partial charge in [0.2, 0.25) is 0 Å². The van der Waals surface area contributed by atoms with Crippen LogP contribution in [0.25, 0.3) is 0 Å². The first kappa shape index (κ1) is 11.6. The van der Waals surface area contributed by atoms with Gasteiger partial charge in [-0.15, -0.1) is 0 Å². The van der Waals surface area contributed by atoms with Gasteiger partial charge in [0.05, 0.1) is 12.6 Å². The van der Waals surface area contributed by atoms with Crippen LogP contribution in [-0.2, 0) is 6.54 Å². The van der Waals surface area contributed by atoms with Gasteiger partial charge in [0.25, 0.3) is 0 Å². The standard InChI is InChI=1S/C14H18N2O/c1-11(2)17-14-7-5-12(6-8-14)16-10-13-4-3-9-15-13/h3-9,11,15-16H,10H2,1-2H3. The zero-order chi connectivity index (χ0) is 12.1. The Balaban J connectivity index is 1.89. The third-order valence-electron chi connectivity index (χ3n) is 2.37. The number of anilines is 1. The lowest BCUT2D eigenvalue weighted by molar-refractivity contribution is 0.242. The molecule has 0 amide bonds. The maximum absolute atomic E-state index is 5.59. The van der Waals surface area contributed by atoms with Crippen molar-refractivity contribution in [3.63, 3.8) is 0 Å². The summed E-state index contributed by atoms with van der Waals surface area (Å²) in [7, 11) is 0. The van der Waals surface area contributed by atoms with E-state index in [9.17, 15) is 0 Å². The summed E-state index contributed by atoms with van der Waals surface area (Å²) in [6, 6.07) is 12.1. The van der Waals surface area contributed by atoms with E-state index in [0.717, 1.165) is 18.0 Å². The van der Waals surface area contributed by atoms with Crippen LogP contribution in [0.2, 0.25) is 0 Å². The van der Waals surface area contributed by atoms with Crippen molar-refractivity contribution in [2.45, 2.75) is 26.5 Å². The van der Waals surface area contributed by atoms with E-state index in [4.69, 9.17) is 4.74 Å². The fraction of sp³-hybridized carbons (Fsp3) is 0.286. The Morgan fingerprint density at radius 2 is 1.94 bits per heavy atom. The second-order valence-corrected chi connectivity index (χ2v) is 4.24. The topological polar surface area (TPSA) is 37.0 Å². The second kappa shape index (κ2) is 5.43. The van der Waals surface area contributed by atoms with E-state index in [2.05, 4.69) is 16.4 Å². The number of rotatable bonds is 5. The monoisotopic (exact) mass is 230 g/mol. The summed E-state index contributed by atoms with van der Waals surface area (Å²) in [6.07, 6.45) is 2.14. The van der Waals surface area contributed by atoms with Crippen molar-refractivity contribution in [2.24, 2.45) is 0 Å². The van der Waals surface area contributed by atoms with Gasteiger partial charge in [-0.3, -0.25) is 0 Å². The average molecular weight is 230 g/mol. The highest BCUT2D eigenvalue weighted by molar-refractivity contribution is 5.46. The lowest BCUT2D eigenvalue weighted by atomic mass is 10.3. The normalized spacial score (nSPS) is 10.5. The van der Waals surface area contributed by atoms with Crippen LogP contribution < -0.4 is 10.1 Å². The average Bonchev–Trinajstić information content (AvgIpc) is 2.80. The first-order valence-electron chi connectivity index (χ1n) is 5.87. The Kier molecular flexibility index (Phi) is 3.70. The van der Waals surface area contributed by atoms with Crippen molar-refractivity contribution in [1.82, 2.24) is 4.98 Å². The van der Waals surface area contributed by atoms with Crippen LogP contribution in [0.15, 0.2) is 42.6 Å². The highest BCUT2D eigenvalue weighted by Crippen LogP contribution is 2.17. The number of nitrogens with one attached hydrogen (secondary N) is 2.